The molecular weight excluding hydrogens is 274 g/mol. The molecule has 7 heteroatoms. The smallest absolute Gasteiger partial charge is 0.322 e. The minimum Gasteiger partial charge on any atom is -0.481 e. The van der Waals surface area contributed by atoms with Gasteiger partial charge in [0.15, 0.2) is 0 Å². The summed E-state index contributed by atoms with van der Waals surface area (Å²) in [6, 6.07) is -0.399. The van der Waals surface area contributed by atoms with E-state index in [1.54, 1.807) is 0 Å². The van der Waals surface area contributed by atoms with Crippen molar-refractivity contribution in [1.82, 2.24) is 15.3 Å². The fourth-order valence-electron chi connectivity index (χ4n) is 1.99. The summed E-state index contributed by atoms with van der Waals surface area (Å²) >= 11 is 0. The quantitative estimate of drug-likeness (QED) is 0.721. The van der Waals surface area contributed by atoms with Gasteiger partial charge in [-0.1, -0.05) is 13.8 Å². The molecule has 0 spiro atoms. The summed E-state index contributed by atoms with van der Waals surface area (Å²) in [5.41, 5.74) is 0.667. The van der Waals surface area contributed by atoms with E-state index >= 15 is 0 Å². The Morgan fingerprint density at radius 1 is 1.19 bits per heavy atom. The first-order chi connectivity index (χ1) is 10.0. The maximum Gasteiger partial charge on any atom is 0.322 e. The molecule has 0 aromatic carbocycles. The molecule has 118 valence electrons. The Bertz CT molecular complexity index is 443. The van der Waals surface area contributed by atoms with E-state index in [1.807, 2.05) is 13.8 Å². The van der Waals surface area contributed by atoms with E-state index in [0.717, 1.165) is 0 Å². The number of esters is 1. The third kappa shape index (κ3) is 4.86. The molecule has 1 aromatic heterocycles. The highest BCUT2D eigenvalue weighted by molar-refractivity contribution is 5.75. The molecule has 0 radical (unpaired) electrons. The second-order valence-electron chi connectivity index (χ2n) is 4.96. The molecule has 0 saturated carbocycles. The van der Waals surface area contributed by atoms with E-state index in [9.17, 15) is 4.79 Å². The van der Waals surface area contributed by atoms with Crippen LogP contribution in [0.1, 0.15) is 25.8 Å². The highest BCUT2D eigenvalue weighted by atomic mass is 16.5. The molecule has 7 nitrogen and oxygen atoms in total. The van der Waals surface area contributed by atoms with E-state index in [-0.39, 0.29) is 5.97 Å². The van der Waals surface area contributed by atoms with Crippen molar-refractivity contribution in [2.45, 2.75) is 32.9 Å². The molecule has 1 atom stereocenters. The van der Waals surface area contributed by atoms with Crippen LogP contribution in [0.15, 0.2) is 6.33 Å². The molecule has 0 fully saturated rings. The van der Waals surface area contributed by atoms with Crippen LogP contribution in [-0.4, -0.2) is 43.3 Å². The van der Waals surface area contributed by atoms with Gasteiger partial charge in [-0.3, -0.25) is 10.1 Å². The van der Waals surface area contributed by atoms with Crippen LogP contribution < -0.4 is 14.8 Å². The molecule has 1 aromatic rings. The van der Waals surface area contributed by atoms with Crippen LogP contribution in [0.3, 0.4) is 0 Å². The first-order valence-corrected chi connectivity index (χ1v) is 6.76. The van der Waals surface area contributed by atoms with Gasteiger partial charge in [0.2, 0.25) is 11.8 Å². The summed E-state index contributed by atoms with van der Waals surface area (Å²) in [5, 5.41) is 3.15. The van der Waals surface area contributed by atoms with Crippen molar-refractivity contribution < 1.29 is 19.0 Å². The predicted molar refractivity (Wildman–Crippen MR) is 77.2 cm³/mol. The molecule has 1 unspecified atom stereocenters. The van der Waals surface area contributed by atoms with Gasteiger partial charge < -0.3 is 14.2 Å². The summed E-state index contributed by atoms with van der Waals surface area (Å²) in [5.74, 6) is 0.904. The lowest BCUT2D eigenvalue weighted by atomic mass is 10.0. The average molecular weight is 297 g/mol. The standard InChI is InChI=1S/C14H23N3O4/c1-9(2)6-11(14(18)21-5)15-7-10-12(19-3)16-8-17-13(10)20-4/h8-9,11,15H,6-7H2,1-5H3. The average Bonchev–Trinajstić information content (AvgIpc) is 2.49. The molecule has 0 saturated heterocycles. The van der Waals surface area contributed by atoms with Gasteiger partial charge in [0.1, 0.15) is 12.4 Å². The SMILES string of the molecule is COC(=O)C(CC(C)C)NCc1c(OC)ncnc1OC. The van der Waals surface area contributed by atoms with Crippen molar-refractivity contribution >= 4 is 5.97 Å². The van der Waals surface area contributed by atoms with Crippen LogP contribution in [0.4, 0.5) is 0 Å². The molecule has 0 bridgehead atoms. The third-order valence-corrected chi connectivity index (χ3v) is 2.97. The topological polar surface area (TPSA) is 82.6 Å². The highest BCUT2D eigenvalue weighted by Gasteiger charge is 2.22. The van der Waals surface area contributed by atoms with Gasteiger partial charge in [0.25, 0.3) is 0 Å². The molecular formula is C14H23N3O4. The van der Waals surface area contributed by atoms with Crippen LogP contribution in [-0.2, 0) is 16.1 Å². The number of ether oxygens (including phenoxy) is 3. The van der Waals surface area contributed by atoms with E-state index in [4.69, 9.17) is 14.2 Å². The lowest BCUT2D eigenvalue weighted by Crippen LogP contribution is -2.38. The largest absolute Gasteiger partial charge is 0.481 e. The highest BCUT2D eigenvalue weighted by Crippen LogP contribution is 2.23. The zero-order chi connectivity index (χ0) is 15.8. The van der Waals surface area contributed by atoms with Gasteiger partial charge in [-0.05, 0) is 12.3 Å². The maximum atomic E-state index is 11.8. The van der Waals surface area contributed by atoms with Gasteiger partial charge in [0.05, 0.1) is 26.9 Å². The van der Waals surface area contributed by atoms with Gasteiger partial charge in [-0.25, -0.2) is 9.97 Å². The van der Waals surface area contributed by atoms with Gasteiger partial charge in [0, 0.05) is 6.54 Å². The lowest BCUT2D eigenvalue weighted by Gasteiger charge is -2.19. The molecule has 0 aliphatic carbocycles. The van der Waals surface area contributed by atoms with Crippen LogP contribution in [0, 0.1) is 5.92 Å². The Morgan fingerprint density at radius 2 is 1.76 bits per heavy atom. The number of carbonyl (C=O) groups is 1. The van der Waals surface area contributed by atoms with Crippen molar-refractivity contribution in [1.29, 1.82) is 0 Å². The number of hydrogen-bond donors (Lipinski definition) is 1. The van der Waals surface area contributed by atoms with Crippen LogP contribution in [0.25, 0.3) is 0 Å². The van der Waals surface area contributed by atoms with Crippen LogP contribution >= 0.6 is 0 Å². The van der Waals surface area contributed by atoms with Crippen LogP contribution in [0.5, 0.6) is 11.8 Å². The molecule has 1 rings (SSSR count). The number of nitrogens with one attached hydrogen (secondary N) is 1. The van der Waals surface area contributed by atoms with Crippen molar-refractivity contribution in [2.75, 3.05) is 21.3 Å². The predicted octanol–water partition coefficient (Wildman–Crippen LogP) is 1.17. The number of hydrogen-bond acceptors (Lipinski definition) is 7. The summed E-state index contributed by atoms with van der Waals surface area (Å²) in [6.07, 6.45) is 2.04. The normalized spacial score (nSPS) is 12.1. The summed E-state index contributed by atoms with van der Waals surface area (Å²) in [6.45, 7) is 4.44. The number of nitrogens with zero attached hydrogens (tertiary/aromatic N) is 2. The van der Waals surface area contributed by atoms with E-state index < -0.39 is 6.04 Å². The molecule has 0 aliphatic heterocycles. The molecule has 1 heterocycles. The fourth-order valence-corrected chi connectivity index (χ4v) is 1.99. The van der Waals surface area contributed by atoms with Gasteiger partial charge >= 0.3 is 5.97 Å². The van der Waals surface area contributed by atoms with E-state index in [0.29, 0.717) is 36.2 Å². The Balaban J connectivity index is 2.86. The minimum atomic E-state index is -0.399. The monoisotopic (exact) mass is 297 g/mol. The summed E-state index contributed by atoms with van der Waals surface area (Å²) in [7, 11) is 4.43. The van der Waals surface area contributed by atoms with E-state index in [2.05, 4.69) is 15.3 Å². The number of aromatic nitrogens is 2. The zero-order valence-corrected chi connectivity index (χ0v) is 13.2. The van der Waals surface area contributed by atoms with Gasteiger partial charge in [-0.2, -0.15) is 0 Å². The van der Waals surface area contributed by atoms with E-state index in [1.165, 1.54) is 27.7 Å². The lowest BCUT2D eigenvalue weighted by molar-refractivity contribution is -0.143. The van der Waals surface area contributed by atoms with Crippen molar-refractivity contribution in [2.24, 2.45) is 5.92 Å². The Kier molecular flexibility index (Phi) is 6.87. The Hall–Kier alpha value is -1.89. The number of rotatable bonds is 8. The second kappa shape index (κ2) is 8.41. The van der Waals surface area contributed by atoms with Crippen molar-refractivity contribution in [3.8, 4) is 11.8 Å². The first-order valence-electron chi connectivity index (χ1n) is 6.76. The van der Waals surface area contributed by atoms with Crippen molar-refractivity contribution in [3.05, 3.63) is 11.9 Å². The second-order valence-corrected chi connectivity index (χ2v) is 4.96. The summed E-state index contributed by atoms with van der Waals surface area (Å²) in [4.78, 5) is 19.9. The molecule has 1 N–H and O–H groups in total. The minimum absolute atomic E-state index is 0.293. The third-order valence-electron chi connectivity index (χ3n) is 2.97. The van der Waals surface area contributed by atoms with Crippen molar-refractivity contribution in [3.63, 3.8) is 0 Å². The number of carbonyl (C=O) groups excluding carboxylic acids is 1. The number of methoxy groups -OCH3 is 3. The maximum absolute atomic E-state index is 11.8. The molecule has 21 heavy (non-hydrogen) atoms. The van der Waals surface area contributed by atoms with Crippen LogP contribution in [0.2, 0.25) is 0 Å². The van der Waals surface area contributed by atoms with Gasteiger partial charge in [-0.15, -0.1) is 0 Å². The fraction of sp³-hybridized carbons (Fsp3) is 0.643. The zero-order valence-electron chi connectivity index (χ0n) is 13.2. The summed E-state index contributed by atoms with van der Waals surface area (Å²) < 4.78 is 15.2. The molecule has 0 aliphatic rings. The first kappa shape index (κ1) is 17.2. The Labute approximate surface area is 125 Å². The Morgan fingerprint density at radius 3 is 2.19 bits per heavy atom. The molecule has 0 amide bonds.